The summed E-state index contributed by atoms with van der Waals surface area (Å²) in [6.45, 7) is 0.382. The fraction of sp³-hybridized carbons (Fsp3) is 0.250. The first-order valence-corrected chi connectivity index (χ1v) is 6.82. The molecule has 0 amide bonds. The Morgan fingerprint density at radius 3 is 2.89 bits per heavy atom. The van der Waals surface area contributed by atoms with Gasteiger partial charge in [-0.3, -0.25) is 0 Å². The second-order valence-corrected chi connectivity index (χ2v) is 4.97. The zero-order valence-corrected chi connectivity index (χ0v) is 11.2. The van der Waals surface area contributed by atoms with Gasteiger partial charge >= 0.3 is 0 Å². The molecule has 0 bridgehead atoms. The maximum atomic E-state index is 5.65. The van der Waals surface area contributed by atoms with Crippen molar-refractivity contribution in [1.29, 1.82) is 0 Å². The lowest BCUT2D eigenvalue weighted by atomic mass is 10.3. The molecule has 7 heteroatoms. The first-order valence-electron chi connectivity index (χ1n) is 5.83. The molecule has 1 aromatic carbocycles. The third kappa shape index (κ3) is 2.34. The number of rotatable bonds is 4. The first kappa shape index (κ1) is 12.2. The molecule has 3 aromatic rings. The summed E-state index contributed by atoms with van der Waals surface area (Å²) < 4.78 is 7.53. The monoisotopic (exact) mass is 275 g/mol. The molecule has 0 atom stereocenters. The molecule has 0 spiro atoms. The molecule has 0 aliphatic carbocycles. The van der Waals surface area contributed by atoms with Crippen LogP contribution in [0.5, 0.6) is 0 Å². The van der Waals surface area contributed by atoms with Crippen molar-refractivity contribution in [1.82, 2.24) is 19.7 Å². The largest absolute Gasteiger partial charge is 0.440 e. The van der Waals surface area contributed by atoms with Crippen molar-refractivity contribution in [3.05, 3.63) is 36.0 Å². The van der Waals surface area contributed by atoms with E-state index in [4.69, 9.17) is 10.2 Å². The first-order chi connectivity index (χ1) is 9.28. The number of aromatic nitrogens is 4. The minimum atomic E-state index is 0.382. The van der Waals surface area contributed by atoms with Crippen LogP contribution in [0.15, 0.2) is 33.8 Å². The maximum Gasteiger partial charge on any atom is 0.205 e. The highest BCUT2D eigenvalue weighted by atomic mass is 32.2. The van der Waals surface area contributed by atoms with Crippen LogP contribution in [0.2, 0.25) is 0 Å². The van der Waals surface area contributed by atoms with Crippen LogP contribution in [0.1, 0.15) is 11.7 Å². The quantitative estimate of drug-likeness (QED) is 0.730. The SMILES string of the molecule is Cn1c(CN)nnc1SCc1nc2ccccc2o1. The molecule has 0 fully saturated rings. The highest BCUT2D eigenvalue weighted by Crippen LogP contribution is 2.23. The molecule has 0 aliphatic rings. The second kappa shape index (κ2) is 5.02. The van der Waals surface area contributed by atoms with Gasteiger partial charge in [-0.15, -0.1) is 10.2 Å². The smallest absolute Gasteiger partial charge is 0.205 e. The molecule has 2 heterocycles. The highest BCUT2D eigenvalue weighted by molar-refractivity contribution is 7.98. The lowest BCUT2D eigenvalue weighted by molar-refractivity contribution is 0.555. The van der Waals surface area contributed by atoms with Gasteiger partial charge in [0.25, 0.3) is 0 Å². The zero-order valence-electron chi connectivity index (χ0n) is 10.4. The van der Waals surface area contributed by atoms with E-state index in [2.05, 4.69) is 15.2 Å². The van der Waals surface area contributed by atoms with Crippen LogP contribution in [0.25, 0.3) is 11.1 Å². The van der Waals surface area contributed by atoms with Crippen LogP contribution in [-0.4, -0.2) is 19.7 Å². The Kier molecular flexibility index (Phi) is 3.22. The number of para-hydroxylation sites is 2. The minimum absolute atomic E-state index is 0.382. The Morgan fingerprint density at radius 2 is 2.16 bits per heavy atom. The summed E-state index contributed by atoms with van der Waals surface area (Å²) in [7, 11) is 1.90. The van der Waals surface area contributed by atoms with Crippen LogP contribution in [0.4, 0.5) is 0 Å². The van der Waals surface area contributed by atoms with Gasteiger partial charge in [-0.05, 0) is 12.1 Å². The van der Waals surface area contributed by atoms with Gasteiger partial charge < -0.3 is 14.7 Å². The normalized spacial score (nSPS) is 11.3. The summed E-state index contributed by atoms with van der Waals surface area (Å²) in [5.74, 6) is 2.06. The number of benzene rings is 1. The number of oxazole rings is 1. The van der Waals surface area contributed by atoms with E-state index >= 15 is 0 Å². The van der Waals surface area contributed by atoms with Crippen LogP contribution in [0.3, 0.4) is 0 Å². The molecule has 0 aliphatic heterocycles. The number of hydrogen-bond acceptors (Lipinski definition) is 6. The Labute approximate surface area is 114 Å². The van der Waals surface area contributed by atoms with Crippen LogP contribution < -0.4 is 5.73 Å². The third-order valence-corrected chi connectivity index (χ3v) is 3.78. The minimum Gasteiger partial charge on any atom is -0.440 e. The lowest BCUT2D eigenvalue weighted by Crippen LogP contribution is -2.05. The molecule has 98 valence electrons. The number of fused-ring (bicyclic) bond motifs is 1. The van der Waals surface area contributed by atoms with E-state index in [-0.39, 0.29) is 0 Å². The van der Waals surface area contributed by atoms with Crippen LogP contribution in [-0.2, 0) is 19.3 Å². The summed E-state index contributed by atoms with van der Waals surface area (Å²) in [5, 5.41) is 8.90. The zero-order chi connectivity index (χ0) is 13.2. The molecule has 0 unspecified atom stereocenters. The van der Waals surface area contributed by atoms with Crippen LogP contribution in [0, 0.1) is 0 Å². The van der Waals surface area contributed by atoms with E-state index in [0.29, 0.717) is 18.2 Å². The Balaban J connectivity index is 1.76. The van der Waals surface area contributed by atoms with Gasteiger partial charge in [0.2, 0.25) is 5.89 Å². The summed E-state index contributed by atoms with van der Waals surface area (Å²) in [5.41, 5.74) is 7.24. The van der Waals surface area contributed by atoms with Gasteiger partial charge in [0.1, 0.15) is 11.3 Å². The topological polar surface area (TPSA) is 82.8 Å². The second-order valence-electron chi connectivity index (χ2n) is 4.03. The molecular weight excluding hydrogens is 262 g/mol. The van der Waals surface area contributed by atoms with Crippen molar-refractivity contribution < 1.29 is 4.42 Å². The molecule has 2 aromatic heterocycles. The molecule has 6 nitrogen and oxygen atoms in total. The number of nitrogens with two attached hydrogens (primary N) is 1. The summed E-state index contributed by atoms with van der Waals surface area (Å²) in [6.07, 6.45) is 0. The predicted octanol–water partition coefficient (Wildman–Crippen LogP) is 1.71. The van der Waals surface area contributed by atoms with Crippen molar-refractivity contribution >= 4 is 22.9 Å². The molecular formula is C12H13N5OS. The Hall–Kier alpha value is -1.86. The maximum absolute atomic E-state index is 5.65. The average molecular weight is 275 g/mol. The number of nitrogens with zero attached hydrogens (tertiary/aromatic N) is 4. The molecule has 3 rings (SSSR count). The van der Waals surface area contributed by atoms with Gasteiger partial charge in [0, 0.05) is 7.05 Å². The lowest BCUT2D eigenvalue weighted by Gasteiger charge is -1.99. The highest BCUT2D eigenvalue weighted by Gasteiger charge is 2.10. The number of thioether (sulfide) groups is 1. The Bertz CT molecular complexity index is 672. The van der Waals surface area contributed by atoms with E-state index in [9.17, 15) is 0 Å². The van der Waals surface area contributed by atoms with Crippen molar-refractivity contribution in [3.8, 4) is 0 Å². The summed E-state index contributed by atoms with van der Waals surface area (Å²) in [4.78, 5) is 4.41. The van der Waals surface area contributed by atoms with Gasteiger partial charge in [0.05, 0.1) is 12.3 Å². The van der Waals surface area contributed by atoms with Gasteiger partial charge in [0.15, 0.2) is 10.7 Å². The van der Waals surface area contributed by atoms with E-state index in [1.54, 1.807) is 0 Å². The molecule has 19 heavy (non-hydrogen) atoms. The fourth-order valence-electron chi connectivity index (χ4n) is 1.76. The molecule has 0 radical (unpaired) electrons. The molecule has 2 N–H and O–H groups in total. The Morgan fingerprint density at radius 1 is 1.32 bits per heavy atom. The van der Waals surface area contributed by atoms with Crippen molar-refractivity contribution in [2.75, 3.05) is 0 Å². The average Bonchev–Trinajstić information content (AvgIpc) is 2.99. The third-order valence-electron chi connectivity index (χ3n) is 2.77. The summed E-state index contributed by atoms with van der Waals surface area (Å²) in [6, 6.07) is 7.71. The molecule has 0 saturated heterocycles. The van der Waals surface area contributed by atoms with Crippen molar-refractivity contribution in [2.24, 2.45) is 12.8 Å². The predicted molar refractivity (Wildman–Crippen MR) is 72.5 cm³/mol. The van der Waals surface area contributed by atoms with E-state index in [0.717, 1.165) is 22.1 Å². The van der Waals surface area contributed by atoms with Gasteiger partial charge in [-0.25, -0.2) is 4.98 Å². The van der Waals surface area contributed by atoms with Crippen molar-refractivity contribution in [2.45, 2.75) is 17.5 Å². The van der Waals surface area contributed by atoms with Crippen LogP contribution >= 0.6 is 11.8 Å². The van der Waals surface area contributed by atoms with Gasteiger partial charge in [-0.1, -0.05) is 23.9 Å². The standard InChI is InChI=1S/C12H13N5OS/c1-17-10(6-13)15-16-12(17)19-7-11-14-8-4-2-3-5-9(8)18-11/h2-5H,6-7,13H2,1H3. The van der Waals surface area contributed by atoms with Crippen molar-refractivity contribution in [3.63, 3.8) is 0 Å². The molecule has 0 saturated carbocycles. The van der Waals surface area contributed by atoms with E-state index < -0.39 is 0 Å². The van der Waals surface area contributed by atoms with E-state index in [1.807, 2.05) is 35.9 Å². The summed E-state index contributed by atoms with van der Waals surface area (Å²) >= 11 is 1.53. The van der Waals surface area contributed by atoms with E-state index in [1.165, 1.54) is 11.8 Å². The van der Waals surface area contributed by atoms with Gasteiger partial charge in [-0.2, -0.15) is 0 Å². The number of hydrogen-bond donors (Lipinski definition) is 1. The fourth-order valence-corrected chi connectivity index (χ4v) is 2.53.